The molecule has 0 bridgehead atoms. The Morgan fingerprint density at radius 2 is 2.16 bits per heavy atom. The van der Waals surface area contributed by atoms with Gasteiger partial charge in [0.2, 0.25) is 15.9 Å². The molecule has 138 valence electrons. The largest absolute Gasteiger partial charge is 0.482 e. The Balaban J connectivity index is 2.24. The van der Waals surface area contributed by atoms with Crippen LogP contribution in [0.1, 0.15) is 20.3 Å². The molecule has 0 aliphatic carbocycles. The zero-order chi connectivity index (χ0) is 18.8. The van der Waals surface area contributed by atoms with Gasteiger partial charge < -0.3 is 15.4 Å². The minimum absolute atomic E-state index is 0.0482. The van der Waals surface area contributed by atoms with Gasteiger partial charge in [0.25, 0.3) is 5.91 Å². The van der Waals surface area contributed by atoms with Gasteiger partial charge in [0.15, 0.2) is 6.61 Å². The fourth-order valence-electron chi connectivity index (χ4n) is 2.16. The number of anilines is 1. The van der Waals surface area contributed by atoms with Crippen LogP contribution in [0.15, 0.2) is 17.0 Å². The van der Waals surface area contributed by atoms with Gasteiger partial charge in [0.05, 0.1) is 17.3 Å². The molecule has 2 amide bonds. The van der Waals surface area contributed by atoms with Crippen molar-refractivity contribution in [1.82, 2.24) is 9.62 Å². The molecule has 0 saturated heterocycles. The number of halogens is 1. The molecule has 1 aliphatic rings. The molecule has 8 nitrogen and oxygen atoms in total. The Morgan fingerprint density at radius 3 is 2.80 bits per heavy atom. The van der Waals surface area contributed by atoms with Gasteiger partial charge in [-0.2, -0.15) is 4.31 Å². The number of benzene rings is 1. The van der Waals surface area contributed by atoms with E-state index in [1.807, 2.05) is 13.8 Å². The topological polar surface area (TPSA) is 105 Å². The van der Waals surface area contributed by atoms with E-state index in [2.05, 4.69) is 10.6 Å². The zero-order valence-electron chi connectivity index (χ0n) is 14.1. The first-order valence-electron chi connectivity index (χ1n) is 7.67. The summed E-state index contributed by atoms with van der Waals surface area (Å²) >= 11 is 6.07. The van der Waals surface area contributed by atoms with Gasteiger partial charge in [-0.15, -0.1) is 0 Å². The van der Waals surface area contributed by atoms with Crippen LogP contribution in [0.3, 0.4) is 0 Å². The van der Waals surface area contributed by atoms with Crippen molar-refractivity contribution in [3.8, 4) is 5.75 Å². The molecule has 0 radical (unpaired) electrons. The summed E-state index contributed by atoms with van der Waals surface area (Å²) in [7, 11) is -2.71. The second-order valence-corrected chi connectivity index (χ2v) is 8.17. The molecule has 1 aromatic rings. The van der Waals surface area contributed by atoms with Crippen LogP contribution >= 0.6 is 11.6 Å². The van der Waals surface area contributed by atoms with Crippen molar-refractivity contribution in [2.45, 2.75) is 31.2 Å². The third-order valence-electron chi connectivity index (χ3n) is 3.74. The summed E-state index contributed by atoms with van der Waals surface area (Å²) in [6.45, 7) is 3.20. The molecule has 1 aromatic carbocycles. The van der Waals surface area contributed by atoms with Crippen molar-refractivity contribution < 1.29 is 22.7 Å². The Morgan fingerprint density at radius 1 is 1.48 bits per heavy atom. The number of nitrogens with zero attached hydrogens (tertiary/aromatic N) is 1. The highest BCUT2D eigenvalue weighted by Gasteiger charge is 2.29. The Bertz CT molecular complexity index is 797. The lowest BCUT2D eigenvalue weighted by molar-refractivity contribution is -0.121. The van der Waals surface area contributed by atoms with E-state index in [1.165, 1.54) is 19.2 Å². The van der Waals surface area contributed by atoms with Crippen molar-refractivity contribution >= 4 is 39.1 Å². The zero-order valence-corrected chi connectivity index (χ0v) is 15.7. The van der Waals surface area contributed by atoms with Crippen LogP contribution in [-0.2, 0) is 19.6 Å². The van der Waals surface area contributed by atoms with Crippen LogP contribution in [0.4, 0.5) is 5.69 Å². The first-order chi connectivity index (χ1) is 11.6. The number of amides is 2. The molecule has 2 N–H and O–H groups in total. The van der Waals surface area contributed by atoms with E-state index in [0.717, 1.165) is 10.7 Å². The predicted octanol–water partition coefficient (Wildman–Crippen LogP) is 1.21. The monoisotopic (exact) mass is 389 g/mol. The highest BCUT2D eigenvalue weighted by Crippen LogP contribution is 2.36. The Labute approximate surface area is 151 Å². The standard InChI is InChI=1S/C15H20ClN3O5S/c1-4-9(2)17-14(20)7-19(3)25(22,23)13-6-12-11(5-10(13)16)18-15(21)8-24-12/h5-6,9H,4,7-8H2,1-3H3,(H,17,20)(H,18,21)/t9-/m0/s1. The predicted molar refractivity (Wildman–Crippen MR) is 93.3 cm³/mol. The molecule has 0 unspecified atom stereocenters. The summed E-state index contributed by atoms with van der Waals surface area (Å²) < 4.78 is 31.6. The number of likely N-dealkylation sites (N-methyl/N-ethyl adjacent to an activating group) is 1. The van der Waals surface area contributed by atoms with Crippen LogP contribution in [0.2, 0.25) is 5.02 Å². The molecule has 0 fully saturated rings. The van der Waals surface area contributed by atoms with E-state index in [1.54, 1.807) is 0 Å². The lowest BCUT2D eigenvalue weighted by Gasteiger charge is -2.22. The summed E-state index contributed by atoms with van der Waals surface area (Å²) in [5.74, 6) is -0.545. The molecular formula is C15H20ClN3O5S. The van der Waals surface area contributed by atoms with Crippen LogP contribution in [0.5, 0.6) is 5.75 Å². The van der Waals surface area contributed by atoms with Crippen molar-refractivity contribution in [1.29, 1.82) is 0 Å². The van der Waals surface area contributed by atoms with E-state index in [-0.39, 0.29) is 40.8 Å². The minimum atomic E-state index is -4.01. The van der Waals surface area contributed by atoms with Gasteiger partial charge in [-0.3, -0.25) is 9.59 Å². The Kier molecular flexibility index (Phi) is 5.91. The molecule has 1 atom stereocenters. The number of ether oxygens (including phenoxy) is 1. The third kappa shape index (κ3) is 4.42. The quantitative estimate of drug-likeness (QED) is 0.760. The minimum Gasteiger partial charge on any atom is -0.482 e. The number of hydrogen-bond donors (Lipinski definition) is 2. The van der Waals surface area contributed by atoms with E-state index in [4.69, 9.17) is 16.3 Å². The van der Waals surface area contributed by atoms with Gasteiger partial charge in [0.1, 0.15) is 10.6 Å². The first-order valence-corrected chi connectivity index (χ1v) is 9.48. The van der Waals surface area contributed by atoms with Crippen LogP contribution in [0.25, 0.3) is 0 Å². The fourth-order valence-corrected chi connectivity index (χ4v) is 3.80. The lowest BCUT2D eigenvalue weighted by atomic mass is 10.2. The number of fused-ring (bicyclic) bond motifs is 1. The molecular weight excluding hydrogens is 370 g/mol. The number of nitrogens with one attached hydrogen (secondary N) is 2. The van der Waals surface area contributed by atoms with Crippen molar-refractivity contribution in [3.63, 3.8) is 0 Å². The molecule has 10 heteroatoms. The van der Waals surface area contributed by atoms with E-state index < -0.39 is 15.9 Å². The van der Waals surface area contributed by atoms with Gasteiger partial charge in [-0.25, -0.2) is 8.42 Å². The van der Waals surface area contributed by atoms with Gasteiger partial charge >= 0.3 is 0 Å². The first kappa shape index (κ1) is 19.5. The Hall–Kier alpha value is -1.84. The maximum Gasteiger partial charge on any atom is 0.262 e. The summed E-state index contributed by atoms with van der Waals surface area (Å²) in [4.78, 5) is 23.1. The van der Waals surface area contributed by atoms with E-state index in [0.29, 0.717) is 5.69 Å². The van der Waals surface area contributed by atoms with Crippen LogP contribution < -0.4 is 15.4 Å². The number of sulfonamides is 1. The second-order valence-electron chi connectivity index (χ2n) is 5.75. The molecule has 2 rings (SSSR count). The SMILES string of the molecule is CC[C@H](C)NC(=O)CN(C)S(=O)(=O)c1cc2c(cc1Cl)NC(=O)CO2. The molecule has 25 heavy (non-hydrogen) atoms. The molecule has 1 aliphatic heterocycles. The smallest absolute Gasteiger partial charge is 0.262 e. The fraction of sp³-hybridized carbons (Fsp3) is 0.467. The van der Waals surface area contributed by atoms with Crippen molar-refractivity contribution in [2.24, 2.45) is 0 Å². The number of carbonyl (C=O) groups is 2. The third-order valence-corrected chi connectivity index (χ3v) is 6.01. The summed E-state index contributed by atoms with van der Waals surface area (Å²) in [5.41, 5.74) is 0.303. The maximum atomic E-state index is 12.7. The summed E-state index contributed by atoms with van der Waals surface area (Å²) in [6, 6.07) is 2.51. The maximum absolute atomic E-state index is 12.7. The molecule has 0 spiro atoms. The molecule has 0 aromatic heterocycles. The average Bonchev–Trinajstić information content (AvgIpc) is 2.53. The molecule has 0 saturated carbocycles. The lowest BCUT2D eigenvalue weighted by Crippen LogP contribution is -2.41. The van der Waals surface area contributed by atoms with Crippen LogP contribution in [0, 0.1) is 0 Å². The van der Waals surface area contributed by atoms with Crippen LogP contribution in [-0.4, -0.2) is 50.8 Å². The average molecular weight is 390 g/mol. The summed E-state index contributed by atoms with van der Waals surface area (Å²) in [5, 5.41) is 5.18. The second kappa shape index (κ2) is 7.59. The van der Waals surface area contributed by atoms with Crippen molar-refractivity contribution in [3.05, 3.63) is 17.2 Å². The number of rotatable bonds is 6. The van der Waals surface area contributed by atoms with Crippen molar-refractivity contribution in [2.75, 3.05) is 25.5 Å². The van der Waals surface area contributed by atoms with Gasteiger partial charge in [-0.05, 0) is 19.4 Å². The van der Waals surface area contributed by atoms with E-state index >= 15 is 0 Å². The van der Waals surface area contributed by atoms with E-state index in [9.17, 15) is 18.0 Å². The van der Waals surface area contributed by atoms with Gasteiger partial charge in [0, 0.05) is 19.2 Å². The molecule has 1 heterocycles. The normalized spacial score (nSPS) is 15.2. The number of hydrogen-bond acceptors (Lipinski definition) is 5. The number of carbonyl (C=O) groups excluding carboxylic acids is 2. The highest BCUT2D eigenvalue weighted by molar-refractivity contribution is 7.89. The highest BCUT2D eigenvalue weighted by atomic mass is 35.5. The van der Waals surface area contributed by atoms with Gasteiger partial charge in [-0.1, -0.05) is 18.5 Å². The summed E-state index contributed by atoms with van der Waals surface area (Å²) in [6.07, 6.45) is 0.738.